The average molecular weight is 1030 g/mol. The lowest BCUT2D eigenvalue weighted by Crippen LogP contribution is -2.60. The number of rotatable bonds is 50. The van der Waals surface area contributed by atoms with E-state index in [0.29, 0.717) is 25.9 Å². The number of carbonyl (C=O) groups is 2. The summed E-state index contributed by atoms with van der Waals surface area (Å²) in [7, 11) is 0. The second-order valence-electron chi connectivity index (χ2n) is 20.3. The zero-order valence-electron chi connectivity index (χ0n) is 46.3. The van der Waals surface area contributed by atoms with Gasteiger partial charge in [-0.25, -0.2) is 0 Å². The molecule has 0 saturated carbocycles. The molecule has 0 aromatic heterocycles. The van der Waals surface area contributed by atoms with Crippen molar-refractivity contribution in [1.82, 2.24) is 5.32 Å². The number of ether oxygens (including phenoxy) is 3. The lowest BCUT2D eigenvalue weighted by Gasteiger charge is -2.40. The predicted molar refractivity (Wildman–Crippen MR) is 301 cm³/mol. The minimum Gasteiger partial charge on any atom is -0.466 e. The molecule has 0 bridgehead atoms. The highest BCUT2D eigenvalue weighted by Crippen LogP contribution is 2.23. The fourth-order valence-electron chi connectivity index (χ4n) is 8.79. The molecule has 0 aromatic carbocycles. The minimum absolute atomic E-state index is 0.0168. The molecule has 11 heteroatoms. The van der Waals surface area contributed by atoms with Gasteiger partial charge in [-0.15, -0.1) is 0 Å². The van der Waals surface area contributed by atoms with Gasteiger partial charge >= 0.3 is 5.97 Å². The van der Waals surface area contributed by atoms with Gasteiger partial charge in [0.25, 0.3) is 0 Å². The van der Waals surface area contributed by atoms with E-state index in [4.69, 9.17) is 14.2 Å². The number of amides is 1. The molecule has 7 atom stereocenters. The van der Waals surface area contributed by atoms with Crippen molar-refractivity contribution in [3.8, 4) is 0 Å². The van der Waals surface area contributed by atoms with Gasteiger partial charge in [0.05, 0.1) is 32.0 Å². The first-order valence-corrected chi connectivity index (χ1v) is 29.7. The van der Waals surface area contributed by atoms with E-state index in [1.54, 1.807) is 6.08 Å². The fourth-order valence-corrected chi connectivity index (χ4v) is 8.79. The van der Waals surface area contributed by atoms with E-state index in [2.05, 4.69) is 79.9 Å². The van der Waals surface area contributed by atoms with Crippen molar-refractivity contribution in [3.05, 3.63) is 72.9 Å². The largest absolute Gasteiger partial charge is 0.466 e. The van der Waals surface area contributed by atoms with Gasteiger partial charge in [0.1, 0.15) is 24.4 Å². The van der Waals surface area contributed by atoms with Crippen LogP contribution in [0.5, 0.6) is 0 Å². The number of unbranched alkanes of at least 4 members (excludes halogenated alkanes) is 26. The molecule has 0 spiro atoms. The Hall–Kier alpha value is -2.90. The van der Waals surface area contributed by atoms with Gasteiger partial charge in [-0.3, -0.25) is 9.59 Å². The van der Waals surface area contributed by atoms with Crippen LogP contribution in [0.15, 0.2) is 72.9 Å². The van der Waals surface area contributed by atoms with Gasteiger partial charge < -0.3 is 45.1 Å². The number of nitrogens with one attached hydrogen (secondary N) is 1. The molecular formula is C62H109NO10. The van der Waals surface area contributed by atoms with Crippen molar-refractivity contribution < 1.29 is 49.3 Å². The van der Waals surface area contributed by atoms with Crippen LogP contribution < -0.4 is 5.32 Å². The zero-order valence-corrected chi connectivity index (χ0v) is 46.3. The SMILES string of the molecule is CC/C=C/CC/C=C/CC/C=C/C(O)C(COC1OC(CO)C(O)C(O)C1O)NC(=O)CCCCCCCCC/C=C\C/C=C\CCCCCCCCCCCOC(=O)CCCCCCC/C=C\CCCCC. The summed E-state index contributed by atoms with van der Waals surface area (Å²) in [5.74, 6) is -0.228. The molecular weight excluding hydrogens is 919 g/mol. The van der Waals surface area contributed by atoms with Crippen LogP contribution in [0.4, 0.5) is 0 Å². The highest BCUT2D eigenvalue weighted by Gasteiger charge is 2.44. The minimum atomic E-state index is -1.58. The predicted octanol–water partition coefficient (Wildman–Crippen LogP) is 13.6. The molecule has 422 valence electrons. The summed E-state index contributed by atoms with van der Waals surface area (Å²) in [6.45, 7) is 4.15. The van der Waals surface area contributed by atoms with Crippen molar-refractivity contribution in [1.29, 1.82) is 0 Å². The maximum atomic E-state index is 13.0. The molecule has 7 unspecified atom stereocenters. The zero-order chi connectivity index (χ0) is 53.1. The molecule has 11 nitrogen and oxygen atoms in total. The van der Waals surface area contributed by atoms with Crippen molar-refractivity contribution in [2.75, 3.05) is 19.8 Å². The summed E-state index contributed by atoms with van der Waals surface area (Å²) in [5, 5.41) is 54.2. The third kappa shape index (κ3) is 41.0. The fraction of sp³-hybridized carbons (Fsp3) is 0.774. The molecule has 1 aliphatic rings. The Kier molecular flexibility index (Phi) is 47.8. The van der Waals surface area contributed by atoms with E-state index in [1.807, 2.05) is 6.08 Å². The van der Waals surface area contributed by atoms with E-state index < -0.39 is 49.5 Å². The average Bonchev–Trinajstić information content (AvgIpc) is 3.39. The number of carbonyl (C=O) groups excluding carboxylic acids is 2. The van der Waals surface area contributed by atoms with Gasteiger partial charge in [-0.05, 0) is 109 Å². The van der Waals surface area contributed by atoms with E-state index >= 15 is 0 Å². The van der Waals surface area contributed by atoms with E-state index in [1.165, 1.54) is 116 Å². The quantitative estimate of drug-likeness (QED) is 0.0195. The van der Waals surface area contributed by atoms with Gasteiger partial charge in [0, 0.05) is 12.8 Å². The second-order valence-corrected chi connectivity index (χ2v) is 20.3. The Morgan fingerprint density at radius 2 is 0.973 bits per heavy atom. The first kappa shape index (κ1) is 68.1. The van der Waals surface area contributed by atoms with Gasteiger partial charge in [0.2, 0.25) is 5.91 Å². The summed E-state index contributed by atoms with van der Waals surface area (Å²) in [6, 6.07) is -0.843. The smallest absolute Gasteiger partial charge is 0.305 e. The van der Waals surface area contributed by atoms with Crippen LogP contribution in [0, 0.1) is 0 Å². The van der Waals surface area contributed by atoms with Crippen molar-refractivity contribution >= 4 is 11.9 Å². The number of aliphatic hydroxyl groups excluding tert-OH is 5. The van der Waals surface area contributed by atoms with Crippen LogP contribution in [0.1, 0.15) is 245 Å². The van der Waals surface area contributed by atoms with Crippen LogP contribution in [-0.4, -0.2) is 100 Å². The number of esters is 1. The summed E-state index contributed by atoms with van der Waals surface area (Å²) in [4.78, 5) is 25.0. The maximum Gasteiger partial charge on any atom is 0.305 e. The number of aliphatic hydroxyl groups is 5. The van der Waals surface area contributed by atoms with Gasteiger partial charge in [-0.1, -0.05) is 196 Å². The molecule has 0 aliphatic carbocycles. The number of hydrogen-bond donors (Lipinski definition) is 6. The standard InChI is InChI=1S/C62H109NO10/c1-3-5-7-9-11-13-15-30-34-38-42-46-50-58(67)71-51-47-43-39-35-31-28-26-24-22-20-18-16-17-19-21-23-25-27-29-33-37-41-45-49-57(66)63-54(53-72-62-61(70)60(69)59(68)56(52-64)73-62)55(65)48-44-40-36-32-14-12-10-8-6-4-2/h6,8,11,13-14,16,18-19,21,32,44,48,54-56,59-62,64-65,68-70H,3-5,7,9-10,12,15,17,20,22-31,33-43,45-47,49-53H2,1-2H3,(H,63,66)/b8-6+,13-11-,18-16-,21-19-,32-14+,48-44+. The first-order valence-electron chi connectivity index (χ1n) is 29.7. The maximum absolute atomic E-state index is 13.0. The molecule has 0 radical (unpaired) electrons. The monoisotopic (exact) mass is 1030 g/mol. The van der Waals surface area contributed by atoms with Crippen LogP contribution in [0.25, 0.3) is 0 Å². The molecule has 1 saturated heterocycles. The topological polar surface area (TPSA) is 175 Å². The summed E-state index contributed by atoms with van der Waals surface area (Å²) in [6.07, 6.45) is 57.3. The van der Waals surface area contributed by atoms with Crippen LogP contribution >= 0.6 is 0 Å². The van der Waals surface area contributed by atoms with Crippen LogP contribution in [0.2, 0.25) is 0 Å². The Balaban J connectivity index is 2.06. The van der Waals surface area contributed by atoms with Crippen LogP contribution in [-0.2, 0) is 23.8 Å². The Morgan fingerprint density at radius 3 is 1.51 bits per heavy atom. The number of hydrogen-bond acceptors (Lipinski definition) is 10. The lowest BCUT2D eigenvalue weighted by atomic mass is 9.99. The highest BCUT2D eigenvalue weighted by atomic mass is 16.7. The second kappa shape index (κ2) is 51.2. The van der Waals surface area contributed by atoms with Crippen molar-refractivity contribution in [2.24, 2.45) is 0 Å². The molecule has 1 rings (SSSR count). The summed E-state index contributed by atoms with van der Waals surface area (Å²) < 4.78 is 16.6. The molecule has 1 fully saturated rings. The van der Waals surface area contributed by atoms with Crippen molar-refractivity contribution in [2.45, 2.75) is 288 Å². The molecule has 6 N–H and O–H groups in total. The van der Waals surface area contributed by atoms with E-state index in [-0.39, 0.29) is 18.5 Å². The molecule has 0 aromatic rings. The van der Waals surface area contributed by atoms with Crippen molar-refractivity contribution in [3.63, 3.8) is 0 Å². The Bertz CT molecular complexity index is 1440. The Labute approximate surface area is 445 Å². The normalized spacial score (nSPS) is 19.5. The lowest BCUT2D eigenvalue weighted by molar-refractivity contribution is -0.302. The van der Waals surface area contributed by atoms with E-state index in [0.717, 1.165) is 96.3 Å². The van der Waals surface area contributed by atoms with E-state index in [9.17, 15) is 35.1 Å². The summed E-state index contributed by atoms with van der Waals surface area (Å²) >= 11 is 0. The third-order valence-corrected chi connectivity index (χ3v) is 13.5. The van der Waals surface area contributed by atoms with Crippen LogP contribution in [0.3, 0.4) is 0 Å². The molecule has 73 heavy (non-hydrogen) atoms. The first-order chi connectivity index (χ1) is 35.7. The number of allylic oxidation sites excluding steroid dienone is 11. The molecule has 1 heterocycles. The molecule has 1 aliphatic heterocycles. The van der Waals surface area contributed by atoms with Gasteiger partial charge in [0.15, 0.2) is 6.29 Å². The Morgan fingerprint density at radius 1 is 0.521 bits per heavy atom. The van der Waals surface area contributed by atoms with Gasteiger partial charge in [-0.2, -0.15) is 0 Å². The molecule has 1 amide bonds. The third-order valence-electron chi connectivity index (χ3n) is 13.5. The summed E-state index contributed by atoms with van der Waals surface area (Å²) in [5.41, 5.74) is 0. The highest BCUT2D eigenvalue weighted by molar-refractivity contribution is 5.76.